The van der Waals surface area contributed by atoms with Crippen molar-refractivity contribution in [2.24, 2.45) is 10.4 Å². The SMILES string of the molecule is C[C@@H](NCC1=N[C@H](C(C)(C)C)CO1)[C]1[CH][CH][CH][C]1P(c1ccccc1)c1ccccc1. The molecule has 1 N–H and O–H groups in total. The first-order valence-corrected chi connectivity index (χ1v) is 12.4. The van der Waals surface area contributed by atoms with Crippen LogP contribution in [0, 0.1) is 36.3 Å². The van der Waals surface area contributed by atoms with Gasteiger partial charge in [0.25, 0.3) is 0 Å². The number of hydrogen-bond donors (Lipinski definition) is 1. The Morgan fingerprint density at radius 1 is 1.00 bits per heavy atom. The predicted molar refractivity (Wildman–Crippen MR) is 133 cm³/mol. The fourth-order valence-corrected chi connectivity index (χ4v) is 6.45. The second kappa shape index (κ2) is 9.84. The van der Waals surface area contributed by atoms with Crippen molar-refractivity contribution < 1.29 is 4.74 Å². The van der Waals surface area contributed by atoms with Gasteiger partial charge >= 0.3 is 0 Å². The highest BCUT2D eigenvalue weighted by Gasteiger charge is 2.40. The predicted octanol–water partition coefficient (Wildman–Crippen LogP) is 4.67. The third kappa shape index (κ3) is 5.38. The molecular weight excluding hydrogens is 399 g/mol. The van der Waals surface area contributed by atoms with Gasteiger partial charge < -0.3 is 10.1 Å². The molecule has 4 heteroatoms. The minimum absolute atomic E-state index is 0.132. The molecule has 2 aromatic carbocycles. The molecule has 4 rings (SSSR count). The molecule has 0 aromatic heterocycles. The summed E-state index contributed by atoms with van der Waals surface area (Å²) in [5.41, 5.74) is 1.54. The maximum Gasteiger partial charge on any atom is 0.198 e. The molecule has 1 saturated carbocycles. The van der Waals surface area contributed by atoms with Gasteiger partial charge in [-0.15, -0.1) is 0 Å². The number of hydrogen-bond acceptors (Lipinski definition) is 3. The summed E-state index contributed by atoms with van der Waals surface area (Å²) in [5, 5.41) is 6.40. The van der Waals surface area contributed by atoms with Gasteiger partial charge in [0.2, 0.25) is 0 Å². The summed E-state index contributed by atoms with van der Waals surface area (Å²) in [5.74, 6) is 2.18. The highest BCUT2D eigenvalue weighted by Crippen LogP contribution is 2.56. The molecule has 5 radical (unpaired) electrons. The Morgan fingerprint density at radius 2 is 1.61 bits per heavy atom. The third-order valence-corrected chi connectivity index (χ3v) is 8.35. The summed E-state index contributed by atoms with van der Waals surface area (Å²) >= 11 is 0. The number of nitrogens with zero attached hydrogens (tertiary/aromatic N) is 1. The summed E-state index contributed by atoms with van der Waals surface area (Å²) < 4.78 is 5.87. The van der Waals surface area contributed by atoms with Gasteiger partial charge in [0.15, 0.2) is 5.90 Å². The van der Waals surface area contributed by atoms with Crippen molar-refractivity contribution in [3.05, 3.63) is 91.5 Å². The lowest BCUT2D eigenvalue weighted by atomic mass is 9.88. The van der Waals surface area contributed by atoms with Crippen molar-refractivity contribution in [3.8, 4) is 0 Å². The first-order valence-electron chi connectivity index (χ1n) is 11.0. The molecule has 161 valence electrons. The molecule has 0 saturated heterocycles. The zero-order valence-corrected chi connectivity index (χ0v) is 19.8. The van der Waals surface area contributed by atoms with Crippen molar-refractivity contribution in [1.29, 1.82) is 0 Å². The van der Waals surface area contributed by atoms with E-state index >= 15 is 0 Å². The standard InChI is InChI=1S/C27H32N2OP/c1-20(28-18-26-29-25(19-30-26)27(2,3)4)23-16-11-17-24(23)31(21-12-7-5-8-13-21)22-14-9-6-10-15-22/h5-17,20,25,28H,18-19H2,1-4H3/t20-,25+/m1/s1. The van der Waals surface area contributed by atoms with E-state index in [1.807, 2.05) is 0 Å². The largest absolute Gasteiger partial charge is 0.478 e. The molecule has 2 atom stereocenters. The minimum atomic E-state index is -0.607. The Balaban J connectivity index is 1.48. The molecule has 1 fully saturated rings. The van der Waals surface area contributed by atoms with Crippen LogP contribution in [0.4, 0.5) is 0 Å². The number of rotatable bonds is 7. The lowest BCUT2D eigenvalue weighted by Gasteiger charge is -2.32. The second-order valence-corrected chi connectivity index (χ2v) is 11.4. The Labute approximate surface area is 189 Å². The monoisotopic (exact) mass is 431 g/mol. The fourth-order valence-electron chi connectivity index (χ4n) is 3.89. The molecule has 0 amide bonds. The van der Waals surface area contributed by atoms with Gasteiger partial charge in [-0.05, 0) is 50.1 Å². The molecule has 1 aliphatic heterocycles. The van der Waals surface area contributed by atoms with Gasteiger partial charge in [-0.25, -0.2) is 4.99 Å². The Morgan fingerprint density at radius 3 is 2.16 bits per heavy atom. The van der Waals surface area contributed by atoms with Crippen LogP contribution in [0.3, 0.4) is 0 Å². The normalized spacial score (nSPS) is 21.3. The van der Waals surface area contributed by atoms with Gasteiger partial charge in [-0.3, -0.25) is 0 Å². The van der Waals surface area contributed by atoms with E-state index in [9.17, 15) is 0 Å². The van der Waals surface area contributed by atoms with Crippen LogP contribution in [0.15, 0.2) is 65.7 Å². The molecule has 2 aromatic rings. The van der Waals surface area contributed by atoms with Crippen molar-refractivity contribution in [2.45, 2.75) is 39.8 Å². The summed E-state index contributed by atoms with van der Waals surface area (Å²) in [6.07, 6.45) is 6.73. The van der Waals surface area contributed by atoms with Crippen LogP contribution in [0.5, 0.6) is 0 Å². The van der Waals surface area contributed by atoms with E-state index in [-0.39, 0.29) is 17.5 Å². The Bertz CT molecular complexity index is 822. The van der Waals surface area contributed by atoms with Crippen LogP contribution >= 0.6 is 7.92 Å². The third-order valence-electron chi connectivity index (χ3n) is 5.83. The fraction of sp³-hybridized carbons (Fsp3) is 0.333. The Hall–Kier alpha value is -1.70. The highest BCUT2D eigenvalue weighted by atomic mass is 31.1. The van der Waals surface area contributed by atoms with Gasteiger partial charge in [-0.2, -0.15) is 0 Å². The van der Waals surface area contributed by atoms with E-state index in [4.69, 9.17) is 9.73 Å². The van der Waals surface area contributed by atoms with E-state index in [1.165, 1.54) is 22.2 Å². The smallest absolute Gasteiger partial charge is 0.198 e. The molecule has 2 aliphatic rings. The maximum absolute atomic E-state index is 5.87. The summed E-state index contributed by atoms with van der Waals surface area (Å²) in [6, 6.07) is 22.2. The average molecular weight is 432 g/mol. The van der Waals surface area contributed by atoms with E-state index in [2.05, 4.69) is 113 Å². The quantitative estimate of drug-likeness (QED) is 0.646. The van der Waals surface area contributed by atoms with Crippen LogP contribution in [0.25, 0.3) is 0 Å². The molecule has 31 heavy (non-hydrogen) atoms. The topological polar surface area (TPSA) is 33.6 Å². The number of aliphatic imine (C=N–C) groups is 1. The van der Waals surface area contributed by atoms with Crippen LogP contribution < -0.4 is 15.9 Å². The van der Waals surface area contributed by atoms with Crippen molar-refractivity contribution >= 4 is 24.4 Å². The van der Waals surface area contributed by atoms with E-state index in [1.54, 1.807) is 0 Å². The summed E-state index contributed by atoms with van der Waals surface area (Å²) in [6.45, 7) is 10.2. The molecule has 0 bridgehead atoms. The molecule has 3 nitrogen and oxygen atoms in total. The van der Waals surface area contributed by atoms with Gasteiger partial charge in [0.05, 0.1) is 12.6 Å². The number of nitrogens with one attached hydrogen (secondary N) is 1. The van der Waals surface area contributed by atoms with E-state index < -0.39 is 7.92 Å². The van der Waals surface area contributed by atoms with E-state index in [0.29, 0.717) is 13.2 Å². The van der Waals surface area contributed by atoms with Crippen molar-refractivity contribution in [1.82, 2.24) is 5.32 Å². The maximum atomic E-state index is 5.87. The first-order chi connectivity index (χ1) is 14.9. The van der Waals surface area contributed by atoms with Gasteiger partial charge in [0.1, 0.15) is 6.61 Å². The van der Waals surface area contributed by atoms with Gasteiger partial charge in [0, 0.05) is 17.6 Å². The molecule has 1 aliphatic carbocycles. The number of benzene rings is 2. The lowest BCUT2D eigenvalue weighted by molar-refractivity contribution is 0.233. The zero-order chi connectivity index (χ0) is 21.8. The molecule has 0 unspecified atom stereocenters. The average Bonchev–Trinajstić information content (AvgIpc) is 3.44. The van der Waals surface area contributed by atoms with Crippen LogP contribution in [0.2, 0.25) is 0 Å². The van der Waals surface area contributed by atoms with E-state index in [0.717, 1.165) is 5.90 Å². The summed E-state index contributed by atoms with van der Waals surface area (Å²) in [7, 11) is -0.607. The van der Waals surface area contributed by atoms with Crippen LogP contribution in [-0.4, -0.2) is 31.1 Å². The zero-order valence-electron chi connectivity index (χ0n) is 18.9. The van der Waals surface area contributed by atoms with Crippen LogP contribution in [-0.2, 0) is 4.74 Å². The van der Waals surface area contributed by atoms with Crippen LogP contribution in [0.1, 0.15) is 27.7 Å². The first kappa shape index (κ1) is 22.5. The Kier molecular flexibility index (Phi) is 7.14. The lowest BCUT2D eigenvalue weighted by Crippen LogP contribution is -2.38. The van der Waals surface area contributed by atoms with Crippen molar-refractivity contribution in [3.63, 3.8) is 0 Å². The second-order valence-electron chi connectivity index (χ2n) is 9.19. The summed E-state index contributed by atoms with van der Waals surface area (Å²) in [4.78, 5) is 4.80. The molecular formula is C27H32N2OP. The highest BCUT2D eigenvalue weighted by molar-refractivity contribution is 7.76. The number of ether oxygens (including phenoxy) is 1. The van der Waals surface area contributed by atoms with Crippen molar-refractivity contribution in [2.75, 3.05) is 13.2 Å². The molecule has 0 spiro atoms. The molecule has 1 heterocycles. The minimum Gasteiger partial charge on any atom is -0.478 e. The van der Waals surface area contributed by atoms with Gasteiger partial charge in [-0.1, -0.05) is 81.4 Å².